The Kier molecular flexibility index (Phi) is 4.22. The number of rotatable bonds is 4. The van der Waals surface area contributed by atoms with Gasteiger partial charge in [-0.15, -0.1) is 6.58 Å². The predicted molar refractivity (Wildman–Crippen MR) is 93.5 cm³/mol. The smallest absolute Gasteiger partial charge is 0.295 e. The molecule has 1 amide bonds. The molecule has 0 bridgehead atoms. The molecule has 1 N–H and O–H groups in total. The fourth-order valence-corrected chi connectivity index (χ4v) is 2.70. The Hall–Kier alpha value is -2.86. The van der Waals surface area contributed by atoms with E-state index in [1.807, 2.05) is 12.1 Å². The normalized spacial score (nSPS) is 10.8. The number of allylic oxidation sites excluding steroid dienone is 1. The summed E-state index contributed by atoms with van der Waals surface area (Å²) < 4.78 is 3.11. The molecular formula is C17H15ClN4O2. The molecule has 0 saturated carbocycles. The minimum Gasteiger partial charge on any atom is -0.354 e. The first-order chi connectivity index (χ1) is 11.5. The van der Waals surface area contributed by atoms with Gasteiger partial charge in [0, 0.05) is 36.6 Å². The summed E-state index contributed by atoms with van der Waals surface area (Å²) in [5, 5.41) is 3.07. The van der Waals surface area contributed by atoms with E-state index in [0.29, 0.717) is 17.3 Å². The summed E-state index contributed by atoms with van der Waals surface area (Å²) in [6.07, 6.45) is 4.92. The molecule has 0 spiro atoms. The highest BCUT2D eigenvalue weighted by molar-refractivity contribution is 6.30. The Morgan fingerprint density at radius 3 is 2.88 bits per heavy atom. The molecule has 0 aliphatic rings. The van der Waals surface area contributed by atoms with Gasteiger partial charge in [-0.25, -0.2) is 4.98 Å². The van der Waals surface area contributed by atoms with Gasteiger partial charge >= 0.3 is 0 Å². The lowest BCUT2D eigenvalue weighted by Crippen LogP contribution is -2.23. The number of carbonyl (C=O) groups excluding carboxylic acids is 1. The molecule has 0 aliphatic heterocycles. The number of hydrogen-bond donors (Lipinski definition) is 1. The number of amides is 1. The first kappa shape index (κ1) is 16.0. The molecule has 1 aromatic carbocycles. The van der Waals surface area contributed by atoms with Crippen LogP contribution in [0.1, 0.15) is 10.5 Å². The largest absolute Gasteiger partial charge is 0.354 e. The summed E-state index contributed by atoms with van der Waals surface area (Å²) >= 11 is 6.07. The van der Waals surface area contributed by atoms with Gasteiger partial charge in [-0.1, -0.05) is 29.8 Å². The highest BCUT2D eigenvalue weighted by Crippen LogP contribution is 2.22. The summed E-state index contributed by atoms with van der Waals surface area (Å²) in [5.41, 5.74) is 1.51. The Morgan fingerprint density at radius 2 is 2.21 bits per heavy atom. The van der Waals surface area contributed by atoms with Gasteiger partial charge in [0.1, 0.15) is 5.69 Å². The van der Waals surface area contributed by atoms with E-state index in [9.17, 15) is 9.59 Å². The van der Waals surface area contributed by atoms with Gasteiger partial charge in [-0.2, -0.15) is 0 Å². The van der Waals surface area contributed by atoms with E-state index >= 15 is 0 Å². The quantitative estimate of drug-likeness (QED) is 0.740. The van der Waals surface area contributed by atoms with Crippen molar-refractivity contribution in [3.8, 4) is 11.3 Å². The number of carbonyl (C=O) groups is 1. The van der Waals surface area contributed by atoms with Crippen molar-refractivity contribution in [3.05, 3.63) is 70.4 Å². The van der Waals surface area contributed by atoms with Crippen LogP contribution in [0.2, 0.25) is 5.02 Å². The molecule has 0 radical (unpaired) electrons. The van der Waals surface area contributed by atoms with Crippen molar-refractivity contribution in [2.45, 2.75) is 6.54 Å². The maximum atomic E-state index is 12.8. The SMILES string of the molecule is C=CCn1c(-c2cccc(Cl)c2)cn2cc(C(=O)NC)nc2c1=O. The lowest BCUT2D eigenvalue weighted by molar-refractivity contribution is 0.0959. The number of halogens is 1. The number of benzene rings is 1. The maximum Gasteiger partial charge on any atom is 0.295 e. The topological polar surface area (TPSA) is 68.4 Å². The van der Waals surface area contributed by atoms with Crippen molar-refractivity contribution in [2.24, 2.45) is 0 Å². The van der Waals surface area contributed by atoms with E-state index in [0.717, 1.165) is 5.56 Å². The highest BCUT2D eigenvalue weighted by atomic mass is 35.5. The fraction of sp³-hybridized carbons (Fsp3) is 0.118. The van der Waals surface area contributed by atoms with E-state index < -0.39 is 0 Å². The van der Waals surface area contributed by atoms with Crippen LogP contribution in [0.25, 0.3) is 16.9 Å². The standard InChI is InChI=1S/C17H15ClN4O2/c1-3-7-22-14(11-5-4-6-12(18)8-11)10-21-9-13(16(23)19-2)20-15(21)17(22)24/h3-6,8-10H,1,7H2,2H3,(H,19,23). The monoisotopic (exact) mass is 342 g/mol. The van der Waals surface area contributed by atoms with Crippen molar-refractivity contribution in [1.82, 2.24) is 19.3 Å². The van der Waals surface area contributed by atoms with Crippen LogP contribution in [0, 0.1) is 0 Å². The van der Waals surface area contributed by atoms with Crippen LogP contribution in [0.5, 0.6) is 0 Å². The molecule has 0 fully saturated rings. The molecule has 3 rings (SSSR count). The van der Waals surface area contributed by atoms with E-state index in [2.05, 4.69) is 16.9 Å². The summed E-state index contributed by atoms with van der Waals surface area (Å²) in [6.45, 7) is 4.02. The first-order valence-electron chi connectivity index (χ1n) is 7.26. The molecule has 2 aromatic heterocycles. The van der Waals surface area contributed by atoms with Gasteiger partial charge in [-0.3, -0.25) is 18.6 Å². The van der Waals surface area contributed by atoms with Gasteiger partial charge in [0.25, 0.3) is 11.5 Å². The van der Waals surface area contributed by atoms with Crippen LogP contribution < -0.4 is 10.9 Å². The van der Waals surface area contributed by atoms with Crippen LogP contribution in [-0.4, -0.2) is 26.9 Å². The van der Waals surface area contributed by atoms with Crippen LogP contribution >= 0.6 is 11.6 Å². The Balaban J connectivity index is 2.31. The van der Waals surface area contributed by atoms with Gasteiger partial charge < -0.3 is 5.32 Å². The fourth-order valence-electron chi connectivity index (χ4n) is 2.51. The third-order valence-electron chi connectivity index (χ3n) is 3.61. The molecule has 3 aromatic rings. The third-order valence-corrected chi connectivity index (χ3v) is 3.85. The minimum absolute atomic E-state index is 0.182. The summed E-state index contributed by atoms with van der Waals surface area (Å²) in [6, 6.07) is 7.22. The molecule has 122 valence electrons. The van der Waals surface area contributed by atoms with Crippen LogP contribution in [-0.2, 0) is 6.54 Å². The number of aromatic nitrogens is 3. The van der Waals surface area contributed by atoms with E-state index in [-0.39, 0.29) is 22.8 Å². The van der Waals surface area contributed by atoms with Crippen molar-refractivity contribution >= 4 is 23.2 Å². The van der Waals surface area contributed by atoms with Gasteiger partial charge in [0.15, 0.2) is 0 Å². The lowest BCUT2D eigenvalue weighted by atomic mass is 10.1. The zero-order valence-corrected chi connectivity index (χ0v) is 13.7. The predicted octanol–water partition coefficient (Wildman–Crippen LogP) is 2.36. The van der Waals surface area contributed by atoms with E-state index in [1.54, 1.807) is 33.4 Å². The van der Waals surface area contributed by atoms with E-state index in [1.165, 1.54) is 13.2 Å². The molecule has 24 heavy (non-hydrogen) atoms. The highest BCUT2D eigenvalue weighted by Gasteiger charge is 2.16. The van der Waals surface area contributed by atoms with Crippen LogP contribution in [0.4, 0.5) is 0 Å². The molecule has 0 saturated heterocycles. The first-order valence-corrected chi connectivity index (χ1v) is 7.64. The molecule has 7 heteroatoms. The van der Waals surface area contributed by atoms with Gasteiger partial charge in [0.2, 0.25) is 5.65 Å². The van der Waals surface area contributed by atoms with Crippen LogP contribution in [0.3, 0.4) is 0 Å². The molecule has 0 unspecified atom stereocenters. The van der Waals surface area contributed by atoms with Crippen molar-refractivity contribution in [3.63, 3.8) is 0 Å². The number of nitrogens with one attached hydrogen (secondary N) is 1. The molecule has 0 atom stereocenters. The second-order valence-corrected chi connectivity index (χ2v) is 5.60. The molecule has 2 heterocycles. The number of nitrogens with zero attached hydrogens (tertiary/aromatic N) is 3. The third kappa shape index (κ3) is 2.72. The summed E-state index contributed by atoms with van der Waals surface area (Å²) in [5.74, 6) is -0.349. The van der Waals surface area contributed by atoms with Crippen LogP contribution in [0.15, 0.2) is 54.1 Å². The number of hydrogen-bond acceptors (Lipinski definition) is 3. The Labute approximate surface area is 143 Å². The zero-order valence-electron chi connectivity index (χ0n) is 13.0. The molecule has 0 aliphatic carbocycles. The Morgan fingerprint density at radius 1 is 1.42 bits per heavy atom. The molecule has 6 nitrogen and oxygen atoms in total. The van der Waals surface area contributed by atoms with Crippen molar-refractivity contribution in [2.75, 3.05) is 7.05 Å². The van der Waals surface area contributed by atoms with Crippen molar-refractivity contribution in [1.29, 1.82) is 0 Å². The zero-order chi connectivity index (χ0) is 17.3. The van der Waals surface area contributed by atoms with Gasteiger partial charge in [-0.05, 0) is 12.1 Å². The van der Waals surface area contributed by atoms with Gasteiger partial charge in [0.05, 0.1) is 5.69 Å². The van der Waals surface area contributed by atoms with E-state index in [4.69, 9.17) is 11.6 Å². The van der Waals surface area contributed by atoms with Crippen molar-refractivity contribution < 1.29 is 4.79 Å². The summed E-state index contributed by atoms with van der Waals surface area (Å²) in [7, 11) is 1.51. The summed E-state index contributed by atoms with van der Waals surface area (Å²) in [4.78, 5) is 28.7. The Bertz CT molecular complexity index is 1000. The second kappa shape index (κ2) is 6.33. The average molecular weight is 343 g/mol. The number of fused-ring (bicyclic) bond motifs is 1. The number of imidazole rings is 1. The second-order valence-electron chi connectivity index (χ2n) is 5.17. The molecular weight excluding hydrogens is 328 g/mol. The average Bonchev–Trinajstić information content (AvgIpc) is 3.01. The lowest BCUT2D eigenvalue weighted by Gasteiger charge is -2.12. The minimum atomic E-state index is -0.349. The maximum absolute atomic E-state index is 12.8.